The molecule has 13 heavy (non-hydrogen) atoms. The van der Waals surface area contributed by atoms with Gasteiger partial charge in [-0.15, -0.1) is 0 Å². The summed E-state index contributed by atoms with van der Waals surface area (Å²) < 4.78 is 13.1. The zero-order valence-electron chi connectivity index (χ0n) is 8.13. The summed E-state index contributed by atoms with van der Waals surface area (Å²) in [6.07, 6.45) is 0. The first-order valence-electron chi connectivity index (χ1n) is 4.16. The fourth-order valence-corrected chi connectivity index (χ4v) is 1.28. The van der Waals surface area contributed by atoms with Gasteiger partial charge in [-0.3, -0.25) is 0 Å². The Bertz CT molecular complexity index is 310. The summed E-state index contributed by atoms with van der Waals surface area (Å²) >= 11 is 0. The van der Waals surface area contributed by atoms with Crippen LogP contribution in [0, 0.1) is 19.7 Å². The second-order valence-corrected chi connectivity index (χ2v) is 3.34. The van der Waals surface area contributed by atoms with Crippen molar-refractivity contribution in [3.05, 3.63) is 34.6 Å². The summed E-state index contributed by atoms with van der Waals surface area (Å²) in [5.41, 5.74) is 2.45. The molecule has 0 radical (unpaired) electrons. The number of hydrogen-bond donors (Lipinski definition) is 1. The van der Waals surface area contributed by atoms with Crippen molar-refractivity contribution in [3.8, 4) is 0 Å². The van der Waals surface area contributed by atoms with E-state index in [1.807, 2.05) is 6.92 Å². The maximum Gasteiger partial charge on any atom is 0.126 e. The van der Waals surface area contributed by atoms with Crippen LogP contribution in [0.2, 0.25) is 0 Å². The summed E-state index contributed by atoms with van der Waals surface area (Å²) in [7, 11) is 1.54. The molecule has 0 heterocycles. The molecule has 0 fully saturated rings. The summed E-state index contributed by atoms with van der Waals surface area (Å²) in [5, 5.41) is 10.0. The van der Waals surface area contributed by atoms with Crippen molar-refractivity contribution in [2.24, 2.45) is 0 Å². The highest BCUT2D eigenvalue weighted by Gasteiger charge is 2.05. The zero-order chi connectivity index (χ0) is 10.0. The Balaban J connectivity index is 3.01. The fourth-order valence-electron chi connectivity index (χ4n) is 1.28. The molecule has 72 valence electrons. The van der Waals surface area contributed by atoms with E-state index < -0.39 is 0 Å². The maximum atomic E-state index is 13.1. The highest BCUT2D eigenvalue weighted by Crippen LogP contribution is 2.15. The van der Waals surface area contributed by atoms with Crippen LogP contribution in [0.3, 0.4) is 0 Å². The minimum absolute atomic E-state index is 0.220. The number of aryl methyl sites for hydroxylation is 2. The van der Waals surface area contributed by atoms with Crippen LogP contribution in [-0.2, 0) is 6.54 Å². The van der Waals surface area contributed by atoms with Crippen LogP contribution in [-0.4, -0.2) is 17.3 Å². The normalized spacial score (nSPS) is 10.9. The van der Waals surface area contributed by atoms with Gasteiger partial charge in [-0.05, 0) is 36.6 Å². The SMILES string of the molecule is Cc1cc(C)c(CN(C)O)cc1F. The number of halogens is 1. The Morgan fingerprint density at radius 2 is 1.92 bits per heavy atom. The van der Waals surface area contributed by atoms with Crippen LogP contribution in [0.1, 0.15) is 16.7 Å². The molecule has 0 bridgehead atoms. The van der Waals surface area contributed by atoms with Gasteiger partial charge in [0.25, 0.3) is 0 Å². The molecule has 0 atom stereocenters. The highest BCUT2D eigenvalue weighted by atomic mass is 19.1. The predicted molar refractivity (Wildman–Crippen MR) is 49.1 cm³/mol. The average Bonchev–Trinajstić information content (AvgIpc) is 1.99. The number of rotatable bonds is 2. The van der Waals surface area contributed by atoms with E-state index in [0.29, 0.717) is 12.1 Å². The molecular weight excluding hydrogens is 169 g/mol. The molecule has 0 aromatic heterocycles. The lowest BCUT2D eigenvalue weighted by Gasteiger charge is -2.11. The number of hydrogen-bond acceptors (Lipinski definition) is 2. The monoisotopic (exact) mass is 183 g/mol. The number of nitrogens with zero attached hydrogens (tertiary/aromatic N) is 1. The Labute approximate surface area is 77.6 Å². The Morgan fingerprint density at radius 3 is 2.46 bits per heavy atom. The van der Waals surface area contributed by atoms with Gasteiger partial charge in [-0.25, -0.2) is 4.39 Å². The van der Waals surface area contributed by atoms with Crippen LogP contribution < -0.4 is 0 Å². The smallest absolute Gasteiger partial charge is 0.126 e. The molecule has 0 aliphatic heterocycles. The van der Waals surface area contributed by atoms with Gasteiger partial charge in [0, 0.05) is 13.6 Å². The van der Waals surface area contributed by atoms with Crippen molar-refractivity contribution < 1.29 is 9.60 Å². The zero-order valence-corrected chi connectivity index (χ0v) is 8.13. The maximum absolute atomic E-state index is 13.1. The minimum atomic E-state index is -0.220. The van der Waals surface area contributed by atoms with Gasteiger partial charge in [0.1, 0.15) is 5.82 Å². The number of benzene rings is 1. The van der Waals surface area contributed by atoms with Gasteiger partial charge in [0.2, 0.25) is 0 Å². The summed E-state index contributed by atoms with van der Waals surface area (Å²) in [5.74, 6) is -0.220. The van der Waals surface area contributed by atoms with E-state index in [1.54, 1.807) is 13.0 Å². The average molecular weight is 183 g/mol. The van der Waals surface area contributed by atoms with Crippen LogP contribution in [0.4, 0.5) is 4.39 Å². The first kappa shape index (κ1) is 10.2. The molecule has 1 aromatic rings. The molecule has 0 aliphatic carbocycles. The molecule has 0 unspecified atom stereocenters. The quantitative estimate of drug-likeness (QED) is 0.711. The van der Waals surface area contributed by atoms with E-state index in [0.717, 1.165) is 16.2 Å². The molecule has 0 spiro atoms. The van der Waals surface area contributed by atoms with Crippen LogP contribution in [0.25, 0.3) is 0 Å². The lowest BCUT2D eigenvalue weighted by Crippen LogP contribution is -2.13. The third-order valence-electron chi connectivity index (χ3n) is 2.02. The van der Waals surface area contributed by atoms with Crippen molar-refractivity contribution in [1.29, 1.82) is 0 Å². The van der Waals surface area contributed by atoms with Crippen molar-refractivity contribution >= 4 is 0 Å². The first-order valence-corrected chi connectivity index (χ1v) is 4.16. The van der Waals surface area contributed by atoms with Gasteiger partial charge in [0.15, 0.2) is 0 Å². The van der Waals surface area contributed by atoms with E-state index in [4.69, 9.17) is 5.21 Å². The lowest BCUT2D eigenvalue weighted by molar-refractivity contribution is -0.0733. The van der Waals surface area contributed by atoms with Gasteiger partial charge >= 0.3 is 0 Å². The third-order valence-corrected chi connectivity index (χ3v) is 2.02. The molecule has 0 saturated heterocycles. The topological polar surface area (TPSA) is 23.5 Å². The van der Waals surface area contributed by atoms with E-state index in [-0.39, 0.29) is 5.82 Å². The fraction of sp³-hybridized carbons (Fsp3) is 0.400. The minimum Gasteiger partial charge on any atom is -0.314 e. The van der Waals surface area contributed by atoms with Crippen molar-refractivity contribution in [2.45, 2.75) is 20.4 Å². The van der Waals surface area contributed by atoms with E-state index in [9.17, 15) is 4.39 Å². The molecule has 3 heteroatoms. The Morgan fingerprint density at radius 1 is 1.31 bits per heavy atom. The van der Waals surface area contributed by atoms with Gasteiger partial charge in [-0.2, -0.15) is 5.06 Å². The summed E-state index contributed by atoms with van der Waals surface area (Å²) in [6, 6.07) is 3.26. The molecule has 2 nitrogen and oxygen atoms in total. The van der Waals surface area contributed by atoms with Gasteiger partial charge < -0.3 is 5.21 Å². The van der Waals surface area contributed by atoms with Crippen LogP contribution in [0.5, 0.6) is 0 Å². The van der Waals surface area contributed by atoms with Gasteiger partial charge in [0.05, 0.1) is 0 Å². The van der Waals surface area contributed by atoms with Crippen LogP contribution in [0.15, 0.2) is 12.1 Å². The van der Waals surface area contributed by atoms with E-state index >= 15 is 0 Å². The summed E-state index contributed by atoms with van der Waals surface area (Å²) in [4.78, 5) is 0. The summed E-state index contributed by atoms with van der Waals surface area (Å²) in [6.45, 7) is 3.99. The van der Waals surface area contributed by atoms with E-state index in [1.165, 1.54) is 13.1 Å². The second-order valence-electron chi connectivity index (χ2n) is 3.34. The lowest BCUT2D eigenvalue weighted by atomic mass is 10.1. The second kappa shape index (κ2) is 3.85. The highest BCUT2D eigenvalue weighted by molar-refractivity contribution is 5.31. The van der Waals surface area contributed by atoms with Crippen LogP contribution >= 0.6 is 0 Å². The van der Waals surface area contributed by atoms with Crippen molar-refractivity contribution in [3.63, 3.8) is 0 Å². The Kier molecular flexibility index (Phi) is 3.01. The molecule has 1 rings (SSSR count). The molecule has 0 saturated carbocycles. The first-order chi connectivity index (χ1) is 6.00. The van der Waals surface area contributed by atoms with E-state index in [2.05, 4.69) is 0 Å². The largest absolute Gasteiger partial charge is 0.314 e. The molecule has 1 N–H and O–H groups in total. The number of hydroxylamine groups is 2. The predicted octanol–water partition coefficient (Wildman–Crippen LogP) is 2.26. The molecule has 0 amide bonds. The Hall–Kier alpha value is -0.930. The molecule has 0 aliphatic rings. The third kappa shape index (κ3) is 2.50. The van der Waals surface area contributed by atoms with Crippen molar-refractivity contribution in [2.75, 3.05) is 7.05 Å². The van der Waals surface area contributed by atoms with Crippen molar-refractivity contribution in [1.82, 2.24) is 5.06 Å². The van der Waals surface area contributed by atoms with Gasteiger partial charge in [-0.1, -0.05) is 6.07 Å². The molecular formula is C10H14FNO. The standard InChI is InChI=1S/C10H14FNO/c1-7-4-8(2)10(11)5-9(7)6-12(3)13/h4-5,13H,6H2,1-3H3. The molecule has 1 aromatic carbocycles.